The fourth-order valence-corrected chi connectivity index (χ4v) is 3.17. The zero-order valence-electron chi connectivity index (χ0n) is 12.2. The van der Waals surface area contributed by atoms with Crippen molar-refractivity contribution in [3.05, 3.63) is 69.8 Å². The maximum atomic E-state index is 12.2. The van der Waals surface area contributed by atoms with E-state index in [0.29, 0.717) is 11.1 Å². The number of nitrogens with zero attached hydrogens (tertiary/aromatic N) is 1. The van der Waals surface area contributed by atoms with Crippen LogP contribution in [0.5, 0.6) is 0 Å². The first-order valence-corrected chi connectivity index (χ1v) is 8.27. The molecule has 2 aromatic carbocycles. The van der Waals surface area contributed by atoms with Gasteiger partial charge in [-0.15, -0.1) is 0 Å². The summed E-state index contributed by atoms with van der Waals surface area (Å²) in [6.45, 7) is 1.39. The molecule has 0 amide bonds. The van der Waals surface area contributed by atoms with Crippen LogP contribution in [0.4, 0.5) is 11.4 Å². The van der Waals surface area contributed by atoms with Crippen molar-refractivity contribution >= 4 is 27.2 Å². The number of non-ortho nitro benzene ring substituents is 1. The van der Waals surface area contributed by atoms with Gasteiger partial charge in [-0.2, -0.15) is 0 Å². The minimum atomic E-state index is -3.76. The van der Waals surface area contributed by atoms with Crippen molar-refractivity contribution in [1.29, 1.82) is 0 Å². The molecule has 120 valence electrons. The van der Waals surface area contributed by atoms with Crippen LogP contribution in [0, 0.1) is 10.1 Å². The normalized spacial score (nSPS) is 11.0. The number of carbonyl (C=O) groups excluding carboxylic acids is 1. The molecule has 2 rings (SSSR count). The third kappa shape index (κ3) is 4.62. The Hall–Kier alpha value is -2.74. The highest BCUT2D eigenvalue weighted by atomic mass is 32.2. The Morgan fingerprint density at radius 2 is 1.87 bits per heavy atom. The third-order valence-corrected chi connectivity index (χ3v) is 4.28. The molecule has 0 radical (unpaired) electrons. The van der Waals surface area contributed by atoms with Crippen LogP contribution in [-0.4, -0.2) is 19.1 Å². The summed E-state index contributed by atoms with van der Waals surface area (Å²) in [5.74, 6) is -0.580. The van der Waals surface area contributed by atoms with Crippen LogP contribution in [0.25, 0.3) is 0 Å². The van der Waals surface area contributed by atoms with Crippen LogP contribution in [-0.2, 0) is 15.8 Å². The Morgan fingerprint density at radius 3 is 2.52 bits per heavy atom. The number of carbonyl (C=O) groups is 1. The van der Waals surface area contributed by atoms with Crippen molar-refractivity contribution < 1.29 is 18.1 Å². The Morgan fingerprint density at radius 1 is 1.17 bits per heavy atom. The second-order valence-electron chi connectivity index (χ2n) is 4.93. The molecule has 0 unspecified atom stereocenters. The van der Waals surface area contributed by atoms with Gasteiger partial charge in [0.15, 0.2) is 5.78 Å². The molecule has 2 aromatic rings. The number of anilines is 1. The van der Waals surface area contributed by atoms with E-state index in [9.17, 15) is 23.3 Å². The fourth-order valence-electron chi connectivity index (χ4n) is 2.00. The maximum Gasteiger partial charge on any atom is 0.269 e. The second kappa shape index (κ2) is 6.57. The Labute approximate surface area is 133 Å². The van der Waals surface area contributed by atoms with Crippen molar-refractivity contribution in [2.45, 2.75) is 12.7 Å². The number of hydrogen-bond donors (Lipinski definition) is 1. The standard InChI is InChI=1S/C15H14N2O5S/c1-11(18)13-5-3-6-14(9-13)16-23(21,22)10-12-4-2-7-15(8-12)17(19)20/h2-9,16H,10H2,1H3. The van der Waals surface area contributed by atoms with E-state index < -0.39 is 20.7 Å². The highest BCUT2D eigenvalue weighted by molar-refractivity contribution is 7.91. The monoisotopic (exact) mass is 334 g/mol. The van der Waals surface area contributed by atoms with Gasteiger partial charge < -0.3 is 0 Å². The molecule has 0 saturated carbocycles. The number of nitro groups is 1. The van der Waals surface area contributed by atoms with E-state index in [-0.39, 0.29) is 17.2 Å². The van der Waals surface area contributed by atoms with Crippen molar-refractivity contribution in [2.24, 2.45) is 0 Å². The first-order chi connectivity index (χ1) is 10.8. The lowest BCUT2D eigenvalue weighted by Crippen LogP contribution is -2.15. The van der Waals surface area contributed by atoms with Gasteiger partial charge in [0.25, 0.3) is 5.69 Å². The largest absolute Gasteiger partial charge is 0.295 e. The van der Waals surface area contributed by atoms with Crippen LogP contribution in [0.2, 0.25) is 0 Å². The lowest BCUT2D eigenvalue weighted by atomic mass is 10.1. The van der Waals surface area contributed by atoms with E-state index in [1.807, 2.05) is 0 Å². The Bertz CT molecular complexity index is 796. The summed E-state index contributed by atoms with van der Waals surface area (Å²) in [5, 5.41) is 10.7. The Balaban J connectivity index is 2.19. The highest BCUT2D eigenvalue weighted by Crippen LogP contribution is 2.18. The summed E-state index contributed by atoms with van der Waals surface area (Å²) >= 11 is 0. The number of sulfonamides is 1. The molecule has 0 bridgehead atoms. The van der Waals surface area contributed by atoms with Crippen molar-refractivity contribution in [3.63, 3.8) is 0 Å². The topological polar surface area (TPSA) is 106 Å². The van der Waals surface area contributed by atoms with Gasteiger partial charge >= 0.3 is 0 Å². The van der Waals surface area contributed by atoms with Crippen molar-refractivity contribution in [2.75, 3.05) is 4.72 Å². The molecule has 0 aromatic heterocycles. The maximum absolute atomic E-state index is 12.2. The van der Waals surface area contributed by atoms with E-state index in [1.165, 1.54) is 43.3 Å². The van der Waals surface area contributed by atoms with Gasteiger partial charge in [0.1, 0.15) is 0 Å². The molecule has 7 nitrogen and oxygen atoms in total. The van der Waals surface area contributed by atoms with Crippen LogP contribution in [0.3, 0.4) is 0 Å². The number of rotatable bonds is 6. The third-order valence-electron chi connectivity index (χ3n) is 3.02. The van der Waals surface area contributed by atoms with Crippen LogP contribution in [0.1, 0.15) is 22.8 Å². The summed E-state index contributed by atoms with van der Waals surface area (Å²) < 4.78 is 26.7. The van der Waals surface area contributed by atoms with E-state index in [0.717, 1.165) is 0 Å². The molecule has 0 aliphatic rings. The van der Waals surface area contributed by atoms with Gasteiger partial charge in [0.2, 0.25) is 10.0 Å². The molecule has 0 atom stereocenters. The first kappa shape index (κ1) is 16.6. The number of nitrogens with one attached hydrogen (secondary N) is 1. The smallest absolute Gasteiger partial charge is 0.269 e. The number of ketones is 1. The minimum Gasteiger partial charge on any atom is -0.295 e. The number of benzene rings is 2. The number of nitro benzene ring substituents is 1. The average molecular weight is 334 g/mol. The van der Waals surface area contributed by atoms with E-state index >= 15 is 0 Å². The predicted octanol–water partition coefficient (Wildman–Crippen LogP) is 2.74. The fraction of sp³-hybridized carbons (Fsp3) is 0.133. The molecule has 1 N–H and O–H groups in total. The lowest BCUT2D eigenvalue weighted by molar-refractivity contribution is -0.384. The molecule has 0 aliphatic carbocycles. The molecular formula is C15H14N2O5S. The zero-order chi connectivity index (χ0) is 17.0. The number of hydrogen-bond acceptors (Lipinski definition) is 5. The SMILES string of the molecule is CC(=O)c1cccc(NS(=O)(=O)Cc2cccc([N+](=O)[O-])c2)c1. The van der Waals surface area contributed by atoms with Gasteiger partial charge in [-0.1, -0.05) is 24.3 Å². The average Bonchev–Trinajstić information content (AvgIpc) is 2.46. The summed E-state index contributed by atoms with van der Waals surface area (Å²) in [6.07, 6.45) is 0. The molecular weight excluding hydrogens is 320 g/mol. The molecule has 8 heteroatoms. The molecule has 23 heavy (non-hydrogen) atoms. The van der Waals surface area contributed by atoms with Crippen molar-refractivity contribution in [3.8, 4) is 0 Å². The van der Waals surface area contributed by atoms with Gasteiger partial charge in [0.05, 0.1) is 10.7 Å². The van der Waals surface area contributed by atoms with Gasteiger partial charge in [-0.3, -0.25) is 19.6 Å². The second-order valence-corrected chi connectivity index (χ2v) is 6.65. The summed E-state index contributed by atoms with van der Waals surface area (Å²) in [7, 11) is -3.76. The van der Waals surface area contributed by atoms with Crippen molar-refractivity contribution in [1.82, 2.24) is 0 Å². The zero-order valence-corrected chi connectivity index (χ0v) is 13.0. The van der Waals surface area contributed by atoms with Gasteiger partial charge in [0, 0.05) is 23.4 Å². The minimum absolute atomic E-state index is 0.170. The highest BCUT2D eigenvalue weighted by Gasteiger charge is 2.15. The molecule has 0 fully saturated rings. The van der Waals surface area contributed by atoms with E-state index in [2.05, 4.69) is 4.72 Å². The van der Waals surface area contributed by atoms with Crippen LogP contribution >= 0.6 is 0 Å². The summed E-state index contributed by atoms with van der Waals surface area (Å²) in [5.41, 5.74) is 0.786. The number of Topliss-reactive ketones (excluding diaryl/α,β-unsaturated/α-hetero) is 1. The summed E-state index contributed by atoms with van der Waals surface area (Å²) in [4.78, 5) is 21.5. The van der Waals surface area contributed by atoms with Gasteiger partial charge in [-0.05, 0) is 24.6 Å². The molecule has 0 spiro atoms. The lowest BCUT2D eigenvalue weighted by Gasteiger charge is -2.09. The summed E-state index contributed by atoms with van der Waals surface area (Å²) in [6, 6.07) is 11.6. The first-order valence-electron chi connectivity index (χ1n) is 6.62. The van der Waals surface area contributed by atoms with Gasteiger partial charge in [-0.25, -0.2) is 8.42 Å². The van der Waals surface area contributed by atoms with Crippen LogP contribution in [0.15, 0.2) is 48.5 Å². The molecule has 0 heterocycles. The quantitative estimate of drug-likeness (QED) is 0.496. The van der Waals surface area contributed by atoms with E-state index in [4.69, 9.17) is 0 Å². The van der Waals surface area contributed by atoms with Crippen LogP contribution < -0.4 is 4.72 Å². The predicted molar refractivity (Wildman–Crippen MR) is 85.8 cm³/mol. The Kier molecular flexibility index (Phi) is 4.75. The van der Waals surface area contributed by atoms with E-state index in [1.54, 1.807) is 12.1 Å². The molecule has 0 aliphatic heterocycles. The molecule has 0 saturated heterocycles.